The van der Waals surface area contributed by atoms with Crippen LogP contribution in [-0.2, 0) is 6.42 Å². The van der Waals surface area contributed by atoms with Crippen molar-refractivity contribution < 1.29 is 19.8 Å². The van der Waals surface area contributed by atoms with Gasteiger partial charge in [-0.15, -0.1) is 0 Å². The highest BCUT2D eigenvalue weighted by atomic mass is 35.5. The molecule has 0 radical (unpaired) electrons. The summed E-state index contributed by atoms with van der Waals surface area (Å²) < 4.78 is 0. The molecular formula is C31H22Cl2O4. The molecule has 0 aliphatic rings. The van der Waals surface area contributed by atoms with Gasteiger partial charge in [-0.3, -0.25) is 9.59 Å². The minimum absolute atomic E-state index is 0.0546. The Balaban J connectivity index is 1.49. The maximum Gasteiger partial charge on any atom is 0.185 e. The van der Waals surface area contributed by atoms with Crippen molar-refractivity contribution in [3.63, 3.8) is 0 Å². The van der Waals surface area contributed by atoms with Crippen LogP contribution in [0.5, 0.6) is 11.5 Å². The van der Waals surface area contributed by atoms with E-state index in [2.05, 4.69) is 0 Å². The molecule has 4 aromatic rings. The van der Waals surface area contributed by atoms with E-state index in [1.807, 2.05) is 0 Å². The molecule has 6 heteroatoms. The first-order valence-corrected chi connectivity index (χ1v) is 12.1. The lowest BCUT2D eigenvalue weighted by Crippen LogP contribution is -1.94. The summed E-state index contributed by atoms with van der Waals surface area (Å²) in [4.78, 5) is 24.9. The Morgan fingerprint density at radius 2 is 0.973 bits per heavy atom. The fourth-order valence-electron chi connectivity index (χ4n) is 3.68. The fraction of sp³-hybridized carbons (Fsp3) is 0.0323. The van der Waals surface area contributed by atoms with Crippen LogP contribution in [0.15, 0.2) is 97.1 Å². The molecule has 4 nitrogen and oxygen atoms in total. The van der Waals surface area contributed by atoms with Crippen LogP contribution in [0.3, 0.4) is 0 Å². The van der Waals surface area contributed by atoms with Gasteiger partial charge in [0.25, 0.3) is 0 Å². The van der Waals surface area contributed by atoms with Crippen molar-refractivity contribution in [3.8, 4) is 11.5 Å². The second-order valence-electron chi connectivity index (χ2n) is 8.37. The lowest BCUT2D eigenvalue weighted by Gasteiger charge is -2.08. The predicted octanol–water partition coefficient (Wildman–Crippen LogP) is 7.79. The molecule has 0 heterocycles. The van der Waals surface area contributed by atoms with Crippen molar-refractivity contribution in [3.05, 3.63) is 141 Å². The van der Waals surface area contributed by atoms with E-state index >= 15 is 0 Å². The van der Waals surface area contributed by atoms with E-state index in [9.17, 15) is 19.8 Å². The number of hydrogen-bond acceptors (Lipinski definition) is 4. The molecule has 184 valence electrons. The van der Waals surface area contributed by atoms with Crippen LogP contribution in [0, 0.1) is 0 Å². The molecular weight excluding hydrogens is 507 g/mol. The maximum absolute atomic E-state index is 12.4. The molecule has 4 aromatic carbocycles. The minimum atomic E-state index is -0.204. The molecule has 0 saturated carbocycles. The summed E-state index contributed by atoms with van der Waals surface area (Å²) in [6.07, 6.45) is 6.47. The first kappa shape index (κ1) is 26.0. The van der Waals surface area contributed by atoms with E-state index in [-0.39, 0.29) is 23.1 Å². The molecule has 0 aliphatic carbocycles. The smallest absolute Gasteiger partial charge is 0.185 e. The number of allylic oxidation sites excluding steroid dienone is 2. The third-order valence-electron chi connectivity index (χ3n) is 5.68. The lowest BCUT2D eigenvalue weighted by atomic mass is 9.99. The van der Waals surface area contributed by atoms with Crippen molar-refractivity contribution >= 4 is 46.9 Å². The quantitative estimate of drug-likeness (QED) is 0.181. The number of rotatable bonds is 8. The molecule has 0 aromatic heterocycles. The van der Waals surface area contributed by atoms with Crippen LogP contribution < -0.4 is 0 Å². The second kappa shape index (κ2) is 11.7. The van der Waals surface area contributed by atoms with Crippen LogP contribution in [0.2, 0.25) is 10.0 Å². The van der Waals surface area contributed by atoms with Gasteiger partial charge >= 0.3 is 0 Å². The van der Waals surface area contributed by atoms with E-state index in [1.54, 1.807) is 97.1 Å². The van der Waals surface area contributed by atoms with Gasteiger partial charge in [0.2, 0.25) is 0 Å². The number of ketones is 2. The number of aromatic hydroxyl groups is 2. The predicted molar refractivity (Wildman–Crippen MR) is 149 cm³/mol. The minimum Gasteiger partial charge on any atom is -0.507 e. The summed E-state index contributed by atoms with van der Waals surface area (Å²) in [5.74, 6) is -0.299. The topological polar surface area (TPSA) is 74.6 Å². The lowest BCUT2D eigenvalue weighted by molar-refractivity contribution is 0.103. The van der Waals surface area contributed by atoms with Crippen LogP contribution >= 0.6 is 23.2 Å². The highest BCUT2D eigenvalue weighted by molar-refractivity contribution is 6.31. The number of carbonyl (C=O) groups excluding carboxylic acids is 2. The number of phenols is 2. The highest BCUT2D eigenvalue weighted by Gasteiger charge is 2.07. The van der Waals surface area contributed by atoms with E-state index in [1.165, 1.54) is 12.2 Å². The zero-order valence-electron chi connectivity index (χ0n) is 19.6. The molecule has 0 amide bonds. The Bertz CT molecular complexity index is 1390. The van der Waals surface area contributed by atoms with Gasteiger partial charge in [0, 0.05) is 32.3 Å². The number of hydrogen-bond donors (Lipinski definition) is 2. The molecule has 0 saturated heterocycles. The molecule has 37 heavy (non-hydrogen) atoms. The number of halogens is 2. The Morgan fingerprint density at radius 1 is 0.595 bits per heavy atom. The van der Waals surface area contributed by atoms with Gasteiger partial charge in [0.1, 0.15) is 11.5 Å². The van der Waals surface area contributed by atoms with Gasteiger partial charge in [0.05, 0.1) is 0 Å². The van der Waals surface area contributed by atoms with Crippen molar-refractivity contribution in [1.29, 1.82) is 0 Å². The average Bonchev–Trinajstić information content (AvgIpc) is 2.89. The fourth-order valence-corrected chi connectivity index (χ4v) is 3.93. The van der Waals surface area contributed by atoms with Crippen molar-refractivity contribution in [2.75, 3.05) is 0 Å². The van der Waals surface area contributed by atoms with E-state index in [0.29, 0.717) is 38.7 Å². The molecule has 0 atom stereocenters. The summed E-state index contributed by atoms with van der Waals surface area (Å²) in [5.41, 5.74) is 3.80. The Kier molecular flexibility index (Phi) is 8.24. The molecule has 4 rings (SSSR count). The van der Waals surface area contributed by atoms with E-state index in [0.717, 1.165) is 11.1 Å². The highest BCUT2D eigenvalue weighted by Crippen LogP contribution is 2.25. The summed E-state index contributed by atoms with van der Waals surface area (Å²) >= 11 is 11.7. The van der Waals surface area contributed by atoms with Gasteiger partial charge in [-0.05, 0) is 115 Å². The van der Waals surface area contributed by atoms with Gasteiger partial charge in [0.15, 0.2) is 11.6 Å². The third kappa shape index (κ3) is 6.98. The van der Waals surface area contributed by atoms with Crippen molar-refractivity contribution in [2.24, 2.45) is 0 Å². The van der Waals surface area contributed by atoms with Gasteiger partial charge in [-0.2, -0.15) is 0 Å². The summed E-state index contributed by atoms with van der Waals surface area (Å²) in [6, 6.07) is 23.5. The monoisotopic (exact) mass is 528 g/mol. The Labute approximate surface area is 224 Å². The van der Waals surface area contributed by atoms with E-state index < -0.39 is 0 Å². The van der Waals surface area contributed by atoms with Crippen molar-refractivity contribution in [1.82, 2.24) is 0 Å². The molecule has 0 spiro atoms. The summed E-state index contributed by atoms with van der Waals surface area (Å²) in [7, 11) is 0. The molecule has 2 N–H and O–H groups in total. The average molecular weight is 529 g/mol. The summed E-state index contributed by atoms with van der Waals surface area (Å²) in [6.45, 7) is 0. The standard InChI is InChI=1S/C31H22Cl2O4/c32-26-9-3-22(4-10-26)28(34)15-7-24-18-20(1-13-30(24)36)17-21-2-14-31(37)25(19-21)8-16-29(35)23-5-11-27(33)12-6-23/h1-16,18-19,36-37H,17H2/b15-7+,16-8+. The third-order valence-corrected chi connectivity index (χ3v) is 6.18. The van der Waals surface area contributed by atoms with Gasteiger partial charge < -0.3 is 10.2 Å². The van der Waals surface area contributed by atoms with Crippen LogP contribution in [-0.4, -0.2) is 21.8 Å². The largest absolute Gasteiger partial charge is 0.507 e. The molecule has 0 fully saturated rings. The number of benzene rings is 4. The first-order valence-electron chi connectivity index (χ1n) is 11.4. The van der Waals surface area contributed by atoms with Crippen LogP contribution in [0.1, 0.15) is 43.0 Å². The zero-order valence-corrected chi connectivity index (χ0v) is 21.1. The number of phenolic OH excluding ortho intramolecular Hbond substituents is 2. The first-order chi connectivity index (χ1) is 17.8. The van der Waals surface area contributed by atoms with Gasteiger partial charge in [-0.25, -0.2) is 0 Å². The summed E-state index contributed by atoms with van der Waals surface area (Å²) in [5, 5.41) is 21.6. The molecule has 0 unspecified atom stereocenters. The Hall–Kier alpha value is -4.12. The second-order valence-corrected chi connectivity index (χ2v) is 9.24. The normalized spacial score (nSPS) is 11.3. The van der Waals surface area contributed by atoms with Crippen LogP contribution in [0.4, 0.5) is 0 Å². The van der Waals surface area contributed by atoms with Crippen molar-refractivity contribution in [2.45, 2.75) is 6.42 Å². The van der Waals surface area contributed by atoms with Crippen LogP contribution in [0.25, 0.3) is 12.2 Å². The zero-order chi connectivity index (χ0) is 26.4. The number of carbonyl (C=O) groups is 2. The SMILES string of the molecule is O=C(/C=C/c1cc(Cc2ccc(O)c(/C=C/C(=O)c3ccc(Cl)cc3)c2)ccc1O)c1ccc(Cl)cc1. The Morgan fingerprint density at radius 3 is 1.35 bits per heavy atom. The van der Waals surface area contributed by atoms with Gasteiger partial charge in [-0.1, -0.05) is 35.3 Å². The maximum atomic E-state index is 12.4. The molecule has 0 bridgehead atoms. The molecule has 0 aliphatic heterocycles. The van der Waals surface area contributed by atoms with E-state index in [4.69, 9.17) is 23.2 Å².